The summed E-state index contributed by atoms with van der Waals surface area (Å²) in [5, 5.41) is 3.03. The Bertz CT molecular complexity index is 971. The number of carbonyl (C=O) groups is 1. The van der Waals surface area contributed by atoms with E-state index in [1.807, 2.05) is 39.8 Å². The molecule has 0 aliphatic carbocycles. The maximum atomic E-state index is 13.1. The molecule has 0 aliphatic heterocycles. The summed E-state index contributed by atoms with van der Waals surface area (Å²) in [5.74, 6) is 0.300. The Morgan fingerprint density at radius 2 is 1.73 bits per heavy atom. The number of benzene rings is 2. The highest BCUT2D eigenvalue weighted by Gasteiger charge is 2.30. The van der Waals surface area contributed by atoms with Gasteiger partial charge in [-0.1, -0.05) is 30.7 Å². The number of nitrogens with zero attached hydrogens (tertiary/aromatic N) is 1. The summed E-state index contributed by atoms with van der Waals surface area (Å²) in [6, 6.07) is 11.7. The lowest BCUT2D eigenvalue weighted by molar-refractivity contribution is -0.122. The van der Waals surface area contributed by atoms with Crippen molar-refractivity contribution in [2.45, 2.75) is 53.1 Å². The number of amides is 1. The Morgan fingerprint density at radius 3 is 2.23 bits per heavy atom. The Hall–Kier alpha value is -2.54. The van der Waals surface area contributed by atoms with E-state index < -0.39 is 16.1 Å². The lowest BCUT2D eigenvalue weighted by Gasteiger charge is -2.30. The van der Waals surface area contributed by atoms with Crippen molar-refractivity contribution in [2.24, 2.45) is 0 Å². The van der Waals surface area contributed by atoms with Gasteiger partial charge in [0.05, 0.1) is 24.6 Å². The number of sulfonamides is 1. The molecule has 0 fully saturated rings. The molecule has 2 atom stereocenters. The van der Waals surface area contributed by atoms with Crippen molar-refractivity contribution in [3.63, 3.8) is 0 Å². The van der Waals surface area contributed by atoms with Crippen molar-refractivity contribution >= 4 is 21.6 Å². The molecule has 0 saturated heterocycles. The third-order valence-corrected chi connectivity index (χ3v) is 6.26. The van der Waals surface area contributed by atoms with Crippen LogP contribution >= 0.6 is 0 Å². The molecule has 2 rings (SSSR count). The predicted molar refractivity (Wildman–Crippen MR) is 121 cm³/mol. The minimum absolute atomic E-state index is 0.192. The van der Waals surface area contributed by atoms with Crippen LogP contribution in [0.5, 0.6) is 5.75 Å². The fraction of sp³-hybridized carbons (Fsp3) is 0.435. The van der Waals surface area contributed by atoms with Crippen LogP contribution in [0.3, 0.4) is 0 Å². The highest BCUT2D eigenvalue weighted by atomic mass is 32.2. The molecule has 6 nitrogen and oxygen atoms in total. The SMILES string of the molecule is CCOc1ccc(N([C@H](C)C(=O)N[C@H](CC)c2ccc(C)cc2C)S(C)(=O)=O)cc1. The van der Waals surface area contributed by atoms with Crippen molar-refractivity contribution in [1.29, 1.82) is 0 Å². The molecule has 0 unspecified atom stereocenters. The molecule has 0 radical (unpaired) electrons. The van der Waals surface area contributed by atoms with E-state index in [0.717, 1.165) is 27.3 Å². The van der Waals surface area contributed by atoms with Crippen LogP contribution in [0.4, 0.5) is 5.69 Å². The number of ether oxygens (including phenoxy) is 1. The second-order valence-corrected chi connectivity index (χ2v) is 9.35. The summed E-state index contributed by atoms with van der Waals surface area (Å²) in [6.07, 6.45) is 1.80. The van der Waals surface area contributed by atoms with Crippen LogP contribution in [-0.2, 0) is 14.8 Å². The van der Waals surface area contributed by atoms with Crippen LogP contribution in [0, 0.1) is 13.8 Å². The van der Waals surface area contributed by atoms with Gasteiger partial charge in [-0.3, -0.25) is 9.10 Å². The van der Waals surface area contributed by atoms with Crippen LogP contribution in [0.15, 0.2) is 42.5 Å². The molecule has 164 valence electrons. The van der Waals surface area contributed by atoms with Crippen LogP contribution in [0.2, 0.25) is 0 Å². The first kappa shape index (κ1) is 23.7. The summed E-state index contributed by atoms with van der Waals surface area (Å²) in [6.45, 7) is 10.0. The molecular weight excluding hydrogens is 400 g/mol. The number of anilines is 1. The van der Waals surface area contributed by atoms with Crippen LogP contribution in [0.25, 0.3) is 0 Å². The smallest absolute Gasteiger partial charge is 0.244 e. The topological polar surface area (TPSA) is 75.7 Å². The summed E-state index contributed by atoms with van der Waals surface area (Å²) in [4.78, 5) is 13.1. The Morgan fingerprint density at radius 1 is 1.10 bits per heavy atom. The van der Waals surface area contributed by atoms with Crippen molar-refractivity contribution in [2.75, 3.05) is 17.2 Å². The zero-order chi connectivity index (χ0) is 22.5. The second-order valence-electron chi connectivity index (χ2n) is 7.49. The summed E-state index contributed by atoms with van der Waals surface area (Å²) in [7, 11) is -3.68. The van der Waals surface area contributed by atoms with Crippen LogP contribution < -0.4 is 14.4 Å². The van der Waals surface area contributed by atoms with Gasteiger partial charge in [0.15, 0.2) is 0 Å². The molecular formula is C23H32N2O4S. The molecule has 1 amide bonds. The highest BCUT2D eigenvalue weighted by molar-refractivity contribution is 7.92. The first-order chi connectivity index (χ1) is 14.1. The van der Waals surface area contributed by atoms with E-state index in [1.165, 1.54) is 0 Å². The maximum absolute atomic E-state index is 13.1. The Balaban J connectivity index is 2.28. The average Bonchev–Trinajstić information content (AvgIpc) is 2.67. The molecule has 30 heavy (non-hydrogen) atoms. The molecule has 0 aliphatic rings. The molecule has 1 N–H and O–H groups in total. The molecule has 0 bridgehead atoms. The minimum Gasteiger partial charge on any atom is -0.494 e. The Labute approximate surface area is 180 Å². The average molecular weight is 433 g/mol. The van der Waals surface area contributed by atoms with Gasteiger partial charge in [-0.25, -0.2) is 8.42 Å². The predicted octanol–water partition coefficient (Wildman–Crippen LogP) is 4.12. The standard InChI is InChI=1S/C23H32N2O4S/c1-7-22(21-14-9-16(3)15-17(21)4)24-23(26)18(5)25(30(6,27)28)19-10-12-20(13-11-19)29-8-2/h9-15,18,22H,7-8H2,1-6H3,(H,24,26)/t18-,22-/m1/s1. The molecule has 0 aromatic heterocycles. The van der Waals surface area contributed by atoms with E-state index in [9.17, 15) is 13.2 Å². The van der Waals surface area contributed by atoms with Crippen molar-refractivity contribution in [1.82, 2.24) is 5.32 Å². The van der Waals surface area contributed by atoms with E-state index in [4.69, 9.17) is 4.74 Å². The van der Waals surface area contributed by atoms with Crippen molar-refractivity contribution in [3.05, 3.63) is 59.2 Å². The largest absolute Gasteiger partial charge is 0.494 e. The van der Waals surface area contributed by atoms with Gasteiger partial charge in [-0.15, -0.1) is 0 Å². The molecule has 0 heterocycles. The summed E-state index contributed by atoms with van der Waals surface area (Å²) >= 11 is 0. The van der Waals surface area contributed by atoms with Gasteiger partial charge in [0, 0.05) is 0 Å². The van der Waals surface area contributed by atoms with E-state index in [1.54, 1.807) is 31.2 Å². The third kappa shape index (κ3) is 5.75. The van der Waals surface area contributed by atoms with E-state index in [-0.39, 0.29) is 11.9 Å². The molecule has 2 aromatic carbocycles. The lowest BCUT2D eigenvalue weighted by atomic mass is 9.97. The third-order valence-electron chi connectivity index (χ3n) is 5.02. The summed E-state index contributed by atoms with van der Waals surface area (Å²) < 4.78 is 31.6. The van der Waals surface area contributed by atoms with Gasteiger partial charge < -0.3 is 10.1 Å². The van der Waals surface area contributed by atoms with Gasteiger partial charge in [0.25, 0.3) is 0 Å². The van der Waals surface area contributed by atoms with Crippen molar-refractivity contribution in [3.8, 4) is 5.75 Å². The fourth-order valence-electron chi connectivity index (χ4n) is 3.57. The number of nitrogens with one attached hydrogen (secondary N) is 1. The second kappa shape index (κ2) is 9.98. The van der Waals surface area contributed by atoms with E-state index in [2.05, 4.69) is 11.4 Å². The first-order valence-electron chi connectivity index (χ1n) is 10.2. The first-order valence-corrected chi connectivity index (χ1v) is 12.0. The van der Waals surface area contributed by atoms with Gasteiger partial charge in [-0.05, 0) is 69.5 Å². The minimum atomic E-state index is -3.68. The zero-order valence-electron chi connectivity index (χ0n) is 18.6. The van der Waals surface area contributed by atoms with Gasteiger partial charge in [0.2, 0.25) is 15.9 Å². The highest BCUT2D eigenvalue weighted by Crippen LogP contribution is 2.26. The van der Waals surface area contributed by atoms with Gasteiger partial charge >= 0.3 is 0 Å². The number of carbonyl (C=O) groups excluding carboxylic acids is 1. The Kier molecular flexibility index (Phi) is 7.89. The zero-order valence-corrected chi connectivity index (χ0v) is 19.4. The number of hydrogen-bond acceptors (Lipinski definition) is 4. The number of hydrogen-bond donors (Lipinski definition) is 1. The summed E-state index contributed by atoms with van der Waals surface area (Å²) in [5.41, 5.74) is 3.71. The van der Waals surface area contributed by atoms with Crippen LogP contribution in [-0.4, -0.2) is 33.2 Å². The number of rotatable bonds is 9. The molecule has 0 saturated carbocycles. The molecule has 7 heteroatoms. The fourth-order valence-corrected chi connectivity index (χ4v) is 4.75. The quantitative estimate of drug-likeness (QED) is 0.647. The number of aryl methyl sites for hydroxylation is 2. The molecule has 0 spiro atoms. The molecule has 2 aromatic rings. The lowest BCUT2D eigenvalue weighted by Crippen LogP contribution is -2.48. The van der Waals surface area contributed by atoms with Gasteiger partial charge in [0.1, 0.15) is 11.8 Å². The van der Waals surface area contributed by atoms with Crippen LogP contribution in [0.1, 0.15) is 49.9 Å². The van der Waals surface area contributed by atoms with Crippen molar-refractivity contribution < 1.29 is 17.9 Å². The normalized spacial score (nSPS) is 13.4. The van der Waals surface area contributed by atoms with E-state index >= 15 is 0 Å². The van der Waals surface area contributed by atoms with Gasteiger partial charge in [-0.2, -0.15) is 0 Å². The monoisotopic (exact) mass is 432 g/mol. The van der Waals surface area contributed by atoms with E-state index in [0.29, 0.717) is 24.5 Å². The maximum Gasteiger partial charge on any atom is 0.244 e.